The zero-order valence-electron chi connectivity index (χ0n) is 29.4. The fourth-order valence-electron chi connectivity index (χ4n) is 8.00. The molecule has 0 aliphatic heterocycles. The molecule has 1 unspecified atom stereocenters. The average Bonchev–Trinajstić information content (AvgIpc) is 3.85. The maximum Gasteiger partial charge on any atom is 0.132 e. The Bertz CT molecular complexity index is 1910. The van der Waals surface area contributed by atoms with Gasteiger partial charge in [0.25, 0.3) is 0 Å². The van der Waals surface area contributed by atoms with Gasteiger partial charge in [0.15, 0.2) is 0 Å². The van der Waals surface area contributed by atoms with E-state index in [1.165, 1.54) is 94.7 Å². The minimum atomic E-state index is 0.405. The summed E-state index contributed by atoms with van der Waals surface area (Å²) in [5, 5.41) is 2.75. The van der Waals surface area contributed by atoms with Crippen molar-refractivity contribution in [3.8, 4) is 0 Å². The summed E-state index contributed by atoms with van der Waals surface area (Å²) in [4.78, 5) is 17.4. The van der Waals surface area contributed by atoms with Gasteiger partial charge < -0.3 is 9.97 Å². The molecule has 49 heavy (non-hydrogen) atoms. The summed E-state index contributed by atoms with van der Waals surface area (Å²) in [6.07, 6.45) is 17.2. The lowest BCUT2D eigenvalue weighted by Gasteiger charge is -2.35. The number of fused-ring (bicyclic) bond motifs is 5. The molecule has 0 amide bonds. The van der Waals surface area contributed by atoms with Crippen LogP contribution in [0.3, 0.4) is 0 Å². The van der Waals surface area contributed by atoms with Crippen molar-refractivity contribution < 1.29 is 4.79 Å². The number of carbonyl (C=O) groups is 1. The largest absolute Gasteiger partial charge is 0.361 e. The van der Waals surface area contributed by atoms with Crippen LogP contribution >= 0.6 is 0 Å². The lowest BCUT2D eigenvalue weighted by molar-refractivity contribution is -0.120. The van der Waals surface area contributed by atoms with Gasteiger partial charge in [-0.25, -0.2) is 0 Å². The summed E-state index contributed by atoms with van der Waals surface area (Å²) in [7, 11) is 0. The predicted molar refractivity (Wildman–Crippen MR) is 208 cm³/mol. The number of nitrogens with one attached hydrogen (secondary N) is 2. The normalized spacial score (nSPS) is 17.6. The molecule has 0 saturated heterocycles. The number of benzene rings is 4. The summed E-state index contributed by atoms with van der Waals surface area (Å²) in [6, 6.07) is 36.7. The van der Waals surface area contributed by atoms with Crippen molar-refractivity contribution in [2.45, 2.75) is 95.8 Å². The van der Waals surface area contributed by atoms with Crippen LogP contribution in [0.5, 0.6) is 0 Å². The van der Waals surface area contributed by atoms with E-state index in [4.69, 9.17) is 0 Å². The number of H-pyrrole nitrogens is 2. The molecule has 9 rings (SSSR count). The van der Waals surface area contributed by atoms with Gasteiger partial charge in [-0.1, -0.05) is 134 Å². The number of hydrogen-bond donors (Lipinski definition) is 2. The van der Waals surface area contributed by atoms with Crippen LogP contribution in [0.4, 0.5) is 0 Å². The van der Waals surface area contributed by atoms with Crippen molar-refractivity contribution in [1.29, 1.82) is 0 Å². The maximum absolute atomic E-state index is 10.5. The van der Waals surface area contributed by atoms with Gasteiger partial charge in [0, 0.05) is 47.1 Å². The molecule has 0 bridgehead atoms. The van der Waals surface area contributed by atoms with Crippen LogP contribution < -0.4 is 0 Å². The molecule has 3 aliphatic rings. The third kappa shape index (κ3) is 8.33. The smallest absolute Gasteiger partial charge is 0.132 e. The van der Waals surface area contributed by atoms with E-state index in [-0.39, 0.29) is 0 Å². The molecule has 1 spiro atoms. The second-order valence-corrected chi connectivity index (χ2v) is 14.2. The van der Waals surface area contributed by atoms with Crippen LogP contribution in [-0.2, 0) is 10.2 Å². The molecule has 6 aromatic rings. The van der Waals surface area contributed by atoms with Crippen molar-refractivity contribution >= 4 is 33.7 Å². The molecule has 3 heteroatoms. The first-order chi connectivity index (χ1) is 24.0. The predicted octanol–water partition coefficient (Wildman–Crippen LogP) is 12.5. The number of Topliss-reactive ketones (excluding diaryl/α,β-unsaturated/α-hetero) is 1. The first-order valence-corrected chi connectivity index (χ1v) is 18.4. The number of carbonyl (C=O) groups excluding carboxylic acids is 1. The van der Waals surface area contributed by atoms with Gasteiger partial charge in [-0.2, -0.15) is 0 Å². The number of aromatic amines is 2. The molecule has 3 aliphatic carbocycles. The highest BCUT2D eigenvalue weighted by Crippen LogP contribution is 2.57. The molecule has 2 saturated carbocycles. The summed E-state index contributed by atoms with van der Waals surface area (Å²) < 4.78 is 0. The van der Waals surface area contributed by atoms with Gasteiger partial charge in [0.1, 0.15) is 5.78 Å². The average molecular weight is 649 g/mol. The number of hydrogen-bond acceptors (Lipinski definition) is 1. The first-order valence-electron chi connectivity index (χ1n) is 18.4. The number of aromatic nitrogens is 2. The molecule has 2 aromatic heterocycles. The van der Waals surface area contributed by atoms with Crippen LogP contribution in [0.2, 0.25) is 0 Å². The van der Waals surface area contributed by atoms with Crippen LogP contribution in [0.25, 0.3) is 27.9 Å². The topological polar surface area (TPSA) is 48.6 Å². The van der Waals surface area contributed by atoms with E-state index in [0.29, 0.717) is 17.1 Å². The van der Waals surface area contributed by atoms with E-state index in [0.717, 1.165) is 25.7 Å². The molecule has 3 nitrogen and oxygen atoms in total. The highest BCUT2D eigenvalue weighted by Gasteiger charge is 2.46. The molecule has 0 radical (unpaired) electrons. The van der Waals surface area contributed by atoms with Gasteiger partial charge in [0.2, 0.25) is 0 Å². The van der Waals surface area contributed by atoms with Crippen molar-refractivity contribution in [1.82, 2.24) is 9.97 Å². The Kier molecular flexibility index (Phi) is 11.3. The highest BCUT2D eigenvalue weighted by molar-refractivity contribution is 5.87. The SMILES string of the molecule is C=Cc1ccc(C)cc1.Cc1ccc(C2CC3(CCCCC3)c3c2[nH]c2ccccc32)cc1.O=C1CCCCC1.c1ccc2[nH]ccc2c1. The second kappa shape index (κ2) is 16.2. The van der Waals surface area contributed by atoms with Crippen molar-refractivity contribution in [2.75, 3.05) is 0 Å². The van der Waals surface area contributed by atoms with Crippen LogP contribution in [0, 0.1) is 13.8 Å². The number of aryl methyl sites for hydroxylation is 2. The standard InChI is InChI=1S/C23H25N.C9H10.C8H7N.C6H10O/c1-16-9-11-17(12-10-16)19-15-23(13-5-2-6-14-23)21-18-7-3-4-8-20(18)24-22(19)21;1-3-9-6-4-8(2)5-7-9;1-2-4-8-7(3-1)5-6-9-8;7-6-4-2-1-3-5-6/h3-4,7-12,19,24H,2,5-6,13-15H2,1H3;3-7H,1H2,2H3;1-6,9H;1-5H2. The monoisotopic (exact) mass is 648 g/mol. The molecule has 2 N–H and O–H groups in total. The van der Waals surface area contributed by atoms with Gasteiger partial charge in [0.05, 0.1) is 0 Å². The van der Waals surface area contributed by atoms with E-state index >= 15 is 0 Å². The Hall–Kier alpha value is -4.63. The number of ketones is 1. The zero-order valence-corrected chi connectivity index (χ0v) is 29.4. The van der Waals surface area contributed by atoms with E-state index in [1.807, 2.05) is 24.4 Å². The first kappa shape index (κ1) is 34.2. The minimum Gasteiger partial charge on any atom is -0.361 e. The second-order valence-electron chi connectivity index (χ2n) is 14.2. The van der Waals surface area contributed by atoms with Crippen LogP contribution in [0.1, 0.15) is 110 Å². The fourth-order valence-corrected chi connectivity index (χ4v) is 8.00. The Labute approximate surface area is 292 Å². The Morgan fingerprint density at radius 2 is 1.31 bits per heavy atom. The summed E-state index contributed by atoms with van der Waals surface area (Å²) in [5.74, 6) is 0.998. The van der Waals surface area contributed by atoms with Gasteiger partial charge in [-0.15, -0.1) is 0 Å². The molecule has 2 fully saturated rings. The maximum atomic E-state index is 10.5. The van der Waals surface area contributed by atoms with Crippen molar-refractivity contribution in [2.24, 2.45) is 0 Å². The van der Waals surface area contributed by atoms with Crippen molar-refractivity contribution in [3.63, 3.8) is 0 Å². The highest BCUT2D eigenvalue weighted by atomic mass is 16.1. The minimum absolute atomic E-state index is 0.405. The molecule has 4 aromatic carbocycles. The number of para-hydroxylation sites is 2. The van der Waals surface area contributed by atoms with Gasteiger partial charge in [-0.3, -0.25) is 4.79 Å². The third-order valence-corrected chi connectivity index (χ3v) is 10.7. The van der Waals surface area contributed by atoms with Gasteiger partial charge >= 0.3 is 0 Å². The summed E-state index contributed by atoms with van der Waals surface area (Å²) in [6.45, 7) is 7.91. The van der Waals surface area contributed by atoms with Crippen LogP contribution in [0.15, 0.2) is 116 Å². The fraction of sp³-hybridized carbons (Fsp3) is 0.326. The van der Waals surface area contributed by atoms with Crippen LogP contribution in [-0.4, -0.2) is 15.8 Å². The van der Waals surface area contributed by atoms with E-state index < -0.39 is 0 Å². The quantitative estimate of drug-likeness (QED) is 0.193. The van der Waals surface area contributed by atoms with E-state index in [1.54, 1.807) is 5.56 Å². The Morgan fingerprint density at radius 3 is 1.94 bits per heavy atom. The molecular weight excluding hydrogens is 597 g/mol. The van der Waals surface area contributed by atoms with E-state index in [9.17, 15) is 4.79 Å². The summed E-state index contributed by atoms with van der Waals surface area (Å²) in [5.41, 5.74) is 11.4. The lowest BCUT2D eigenvalue weighted by Crippen LogP contribution is -2.26. The molecular formula is C46H52N2O. The molecule has 2 heterocycles. The molecule has 252 valence electrons. The summed E-state index contributed by atoms with van der Waals surface area (Å²) >= 11 is 0. The molecule has 1 atom stereocenters. The van der Waals surface area contributed by atoms with Gasteiger partial charge in [-0.05, 0) is 91.6 Å². The van der Waals surface area contributed by atoms with Crippen molar-refractivity contribution in [3.05, 3.63) is 149 Å². The number of rotatable bonds is 2. The zero-order chi connectivity index (χ0) is 34.1. The third-order valence-electron chi connectivity index (χ3n) is 10.7. The Morgan fingerprint density at radius 1 is 0.694 bits per heavy atom. The lowest BCUT2D eigenvalue weighted by atomic mass is 9.69. The van der Waals surface area contributed by atoms with E-state index in [2.05, 4.69) is 121 Å². The Balaban J connectivity index is 0.000000136.